The van der Waals surface area contributed by atoms with Gasteiger partial charge in [0.15, 0.2) is 0 Å². The molecule has 1 nitrogen and oxygen atoms in total. The van der Waals surface area contributed by atoms with Crippen LogP contribution in [-0.4, -0.2) is 21.3 Å². The number of unbranched alkanes of at least 4 members (excludes halogenated alkanes) is 2. The number of hydrogen-bond acceptors (Lipinski definition) is 1. The van der Waals surface area contributed by atoms with Gasteiger partial charge in [0.2, 0.25) is 0 Å². The lowest BCUT2D eigenvalue weighted by Crippen LogP contribution is -2.42. The maximum atomic E-state index is 5.56. The number of hydrogen-bond donors (Lipinski definition) is 0. The van der Waals surface area contributed by atoms with Crippen molar-refractivity contribution in [3.8, 4) is 0 Å². The number of rotatable bonds is 11. The zero-order valence-corrected chi connectivity index (χ0v) is 17.4. The van der Waals surface area contributed by atoms with E-state index >= 15 is 0 Å². The highest BCUT2D eigenvalue weighted by atomic mass is 28.3. The van der Waals surface area contributed by atoms with E-state index in [2.05, 4.69) is 72.4 Å². The predicted molar refractivity (Wildman–Crippen MR) is 104 cm³/mol. The van der Waals surface area contributed by atoms with Gasteiger partial charge in [0, 0.05) is 7.11 Å². The van der Waals surface area contributed by atoms with E-state index in [0.29, 0.717) is 0 Å². The molecule has 0 saturated heterocycles. The van der Waals surface area contributed by atoms with Gasteiger partial charge in [-0.15, -0.1) is 0 Å². The Balaban J connectivity index is 4.86. The van der Waals surface area contributed by atoms with Gasteiger partial charge in [-0.2, -0.15) is 0 Å². The Labute approximate surface area is 141 Å². The highest BCUT2D eigenvalue weighted by Gasteiger charge is 2.39. The summed E-state index contributed by atoms with van der Waals surface area (Å²) in [7, 11) is 0.406. The largest absolute Gasteiger partial charge is 0.377 e. The van der Waals surface area contributed by atoms with Crippen LogP contribution >= 0.6 is 0 Å². The lowest BCUT2D eigenvalue weighted by molar-refractivity contribution is 0.131. The molecule has 0 aliphatic heterocycles. The van der Waals surface area contributed by atoms with Gasteiger partial charge in [-0.25, -0.2) is 0 Å². The zero-order chi connectivity index (χ0) is 17.2. The van der Waals surface area contributed by atoms with Crippen LogP contribution in [0, 0.1) is 0 Å². The molecule has 22 heavy (non-hydrogen) atoms. The topological polar surface area (TPSA) is 9.23 Å². The van der Waals surface area contributed by atoms with E-state index in [4.69, 9.17) is 4.74 Å². The first kappa shape index (κ1) is 21.7. The van der Waals surface area contributed by atoms with E-state index in [9.17, 15) is 0 Å². The van der Waals surface area contributed by atoms with Crippen LogP contribution in [0.1, 0.15) is 74.1 Å². The summed E-state index contributed by atoms with van der Waals surface area (Å²) >= 11 is 0. The molecule has 0 aliphatic rings. The third-order valence-electron chi connectivity index (χ3n) is 5.22. The van der Waals surface area contributed by atoms with E-state index in [-0.39, 0.29) is 6.10 Å². The van der Waals surface area contributed by atoms with Gasteiger partial charge in [-0.05, 0) is 23.0 Å². The first-order valence-corrected chi connectivity index (χ1v) is 11.5. The fourth-order valence-corrected chi connectivity index (χ4v) is 9.47. The van der Waals surface area contributed by atoms with Crippen molar-refractivity contribution in [2.45, 2.75) is 96.9 Å². The first-order chi connectivity index (χ1) is 10.3. The Hall–Kier alpha value is -0.343. The molecule has 0 N–H and O–H groups in total. The Morgan fingerprint density at radius 2 is 1.41 bits per heavy atom. The van der Waals surface area contributed by atoms with Gasteiger partial charge in [0.1, 0.15) is 0 Å². The lowest BCUT2D eigenvalue weighted by atomic mass is 10.1. The van der Waals surface area contributed by atoms with Crippen molar-refractivity contribution in [2.24, 2.45) is 0 Å². The van der Waals surface area contributed by atoms with Crippen molar-refractivity contribution >= 4 is 8.07 Å². The number of allylic oxidation sites excluding steroid dienone is 2. The highest BCUT2D eigenvalue weighted by Crippen LogP contribution is 2.42. The highest BCUT2D eigenvalue weighted by molar-refractivity contribution is 6.88. The second-order valence-corrected chi connectivity index (χ2v) is 13.3. The van der Waals surface area contributed by atoms with E-state index in [1.807, 2.05) is 7.11 Å². The summed E-state index contributed by atoms with van der Waals surface area (Å²) in [6, 6.07) is 0. The van der Waals surface area contributed by atoms with E-state index in [1.165, 1.54) is 19.3 Å². The number of methoxy groups -OCH3 is 1. The maximum Gasteiger partial charge on any atom is 0.0853 e. The summed E-state index contributed by atoms with van der Waals surface area (Å²) in [6.45, 7) is 16.7. The molecule has 0 amide bonds. The molecule has 1 unspecified atom stereocenters. The molecular weight excluding hydrogens is 284 g/mol. The average molecular weight is 325 g/mol. The summed E-state index contributed by atoms with van der Waals surface area (Å²) in [6.07, 6.45) is 12.0. The summed E-state index contributed by atoms with van der Waals surface area (Å²) in [5.74, 6) is 0. The van der Waals surface area contributed by atoms with Crippen molar-refractivity contribution in [3.05, 3.63) is 23.9 Å². The predicted octanol–water partition coefficient (Wildman–Crippen LogP) is 6.91. The van der Waals surface area contributed by atoms with Crippen LogP contribution in [0.2, 0.25) is 16.6 Å². The molecule has 0 aromatic heterocycles. The van der Waals surface area contributed by atoms with Crippen molar-refractivity contribution in [1.29, 1.82) is 0 Å². The molecular formula is C20H40OSi. The molecule has 0 heterocycles. The molecule has 0 aromatic carbocycles. The lowest BCUT2D eigenvalue weighted by Gasteiger charge is -2.40. The Kier molecular flexibility index (Phi) is 11.1. The van der Waals surface area contributed by atoms with Gasteiger partial charge in [0.25, 0.3) is 0 Å². The minimum Gasteiger partial charge on any atom is -0.377 e. The molecule has 0 rings (SSSR count). The molecule has 1 atom stereocenters. The second-order valence-electron chi connectivity index (χ2n) is 7.48. The molecule has 0 bridgehead atoms. The minimum atomic E-state index is -1.41. The van der Waals surface area contributed by atoms with E-state index in [1.54, 1.807) is 0 Å². The molecule has 0 aliphatic carbocycles. The first-order valence-electron chi connectivity index (χ1n) is 9.21. The van der Waals surface area contributed by atoms with Crippen LogP contribution < -0.4 is 0 Å². The second kappa shape index (κ2) is 11.2. The molecule has 0 radical (unpaired) electrons. The molecule has 0 saturated carbocycles. The van der Waals surface area contributed by atoms with Crippen LogP contribution in [0.25, 0.3) is 0 Å². The molecule has 0 fully saturated rings. The third-order valence-corrected chi connectivity index (χ3v) is 12.0. The van der Waals surface area contributed by atoms with Crippen molar-refractivity contribution < 1.29 is 4.74 Å². The quantitative estimate of drug-likeness (QED) is 0.228. The average Bonchev–Trinajstić information content (AvgIpc) is 2.44. The van der Waals surface area contributed by atoms with Crippen LogP contribution in [0.15, 0.2) is 23.9 Å². The SMILES string of the molecule is CCCCCC(/C=C/C=C/[Si](C(C)C)(C(C)C)C(C)C)OC. The van der Waals surface area contributed by atoms with Gasteiger partial charge in [-0.3, -0.25) is 0 Å². The minimum absolute atomic E-state index is 0.268. The van der Waals surface area contributed by atoms with Gasteiger partial charge in [0.05, 0.1) is 14.2 Å². The zero-order valence-electron chi connectivity index (χ0n) is 16.4. The molecule has 0 spiro atoms. The monoisotopic (exact) mass is 324 g/mol. The maximum absolute atomic E-state index is 5.56. The van der Waals surface area contributed by atoms with Crippen LogP contribution in [0.5, 0.6) is 0 Å². The molecule has 130 valence electrons. The van der Waals surface area contributed by atoms with Crippen LogP contribution in [-0.2, 0) is 4.74 Å². The third kappa shape index (κ3) is 6.42. The fraction of sp³-hybridized carbons (Fsp3) is 0.800. The van der Waals surface area contributed by atoms with Crippen LogP contribution in [0.4, 0.5) is 0 Å². The van der Waals surface area contributed by atoms with E-state index in [0.717, 1.165) is 23.0 Å². The van der Waals surface area contributed by atoms with E-state index < -0.39 is 8.07 Å². The normalized spacial score (nSPS) is 15.0. The summed E-state index contributed by atoms with van der Waals surface area (Å²) in [5, 5.41) is 0. The van der Waals surface area contributed by atoms with Gasteiger partial charge < -0.3 is 4.74 Å². The summed E-state index contributed by atoms with van der Waals surface area (Å²) in [5.41, 5.74) is 4.90. The van der Waals surface area contributed by atoms with Crippen molar-refractivity contribution in [2.75, 3.05) is 7.11 Å². The number of ether oxygens (including phenoxy) is 1. The van der Waals surface area contributed by atoms with Crippen molar-refractivity contribution in [3.63, 3.8) is 0 Å². The molecule has 0 aromatic rings. The van der Waals surface area contributed by atoms with Gasteiger partial charge >= 0.3 is 0 Å². The summed E-state index contributed by atoms with van der Waals surface area (Å²) in [4.78, 5) is 0. The smallest absolute Gasteiger partial charge is 0.0853 e. The fourth-order valence-electron chi connectivity index (χ4n) is 3.88. The standard InChI is InChI=1S/C20H40OSi/c1-9-10-11-14-20(21-8)15-12-13-16-22(17(2)3,18(4)5)19(6)7/h12-13,15-20H,9-11,14H2,1-8H3/b15-12+,16-13+. The van der Waals surface area contributed by atoms with Crippen LogP contribution in [0.3, 0.4) is 0 Å². The van der Waals surface area contributed by atoms with Gasteiger partial charge in [-0.1, -0.05) is 91.7 Å². The molecule has 2 heteroatoms. The van der Waals surface area contributed by atoms with Crippen molar-refractivity contribution in [1.82, 2.24) is 0 Å². The Morgan fingerprint density at radius 1 is 0.864 bits per heavy atom. The summed E-state index contributed by atoms with van der Waals surface area (Å²) < 4.78 is 5.56. The Morgan fingerprint density at radius 3 is 1.82 bits per heavy atom. The Bertz CT molecular complexity index is 307.